The van der Waals surface area contributed by atoms with Gasteiger partial charge in [0, 0.05) is 29.3 Å². The van der Waals surface area contributed by atoms with E-state index in [1.54, 1.807) is 19.1 Å². The Balaban J connectivity index is 1.73. The van der Waals surface area contributed by atoms with Crippen molar-refractivity contribution in [1.82, 2.24) is 9.88 Å². The fourth-order valence-electron chi connectivity index (χ4n) is 4.86. The van der Waals surface area contributed by atoms with Gasteiger partial charge in [-0.3, -0.25) is 4.79 Å². The van der Waals surface area contributed by atoms with Crippen molar-refractivity contribution < 1.29 is 13.6 Å². The maximum Gasteiger partial charge on any atom is 0.256 e. The molecule has 4 N–H and O–H groups in total. The quantitative estimate of drug-likeness (QED) is 0.353. The zero-order valence-corrected chi connectivity index (χ0v) is 20.8. The standard InChI is InChI=1S/C26H17ClF2N6OS/c1-11(12-3-2-7-34-24(12)32)35-8-6-14-19(26(35)36)15(9-30)22(29)20(21(14)27)13-4-5-17(28)23-18(13)16(10-31)25(33)37-23/h2-5,7,11H,6,8,33H2,1H3,(H2,32,34)/t11-/m0/s1. The Morgan fingerprint density at radius 2 is 1.89 bits per heavy atom. The number of nitriles is 2. The predicted molar refractivity (Wildman–Crippen MR) is 138 cm³/mol. The molecule has 4 aromatic rings. The van der Waals surface area contributed by atoms with Crippen LogP contribution in [0.1, 0.15) is 45.6 Å². The summed E-state index contributed by atoms with van der Waals surface area (Å²) in [6.07, 6.45) is 1.77. The van der Waals surface area contributed by atoms with Crippen LogP contribution in [0.2, 0.25) is 5.02 Å². The highest BCUT2D eigenvalue weighted by molar-refractivity contribution is 7.23. The van der Waals surface area contributed by atoms with E-state index in [0.717, 1.165) is 17.4 Å². The lowest BCUT2D eigenvalue weighted by molar-refractivity contribution is 0.0672. The number of benzene rings is 2. The van der Waals surface area contributed by atoms with Crippen LogP contribution in [-0.2, 0) is 6.42 Å². The number of thiophene rings is 1. The number of hydrogen-bond donors (Lipinski definition) is 2. The molecule has 1 amide bonds. The van der Waals surface area contributed by atoms with Crippen LogP contribution in [0.3, 0.4) is 0 Å². The van der Waals surface area contributed by atoms with Crippen molar-refractivity contribution in [2.75, 3.05) is 18.0 Å². The maximum absolute atomic E-state index is 16.1. The first-order chi connectivity index (χ1) is 17.7. The van der Waals surface area contributed by atoms with E-state index < -0.39 is 29.1 Å². The molecular weight excluding hydrogens is 518 g/mol. The number of amides is 1. The average molecular weight is 535 g/mol. The Bertz CT molecular complexity index is 1720. The lowest BCUT2D eigenvalue weighted by atomic mass is 9.87. The first kappa shape index (κ1) is 24.4. The molecule has 1 aliphatic heterocycles. The Labute approximate surface area is 219 Å². The van der Waals surface area contributed by atoms with Crippen LogP contribution in [0.15, 0.2) is 30.5 Å². The minimum Gasteiger partial charge on any atom is -0.389 e. The number of nitrogens with two attached hydrogens (primary N) is 2. The van der Waals surface area contributed by atoms with E-state index in [4.69, 9.17) is 23.1 Å². The van der Waals surface area contributed by atoms with Crippen molar-refractivity contribution in [2.24, 2.45) is 0 Å². The SMILES string of the molecule is C[C@@H](c1cccnc1N)N1CCc2c(Cl)c(-c3ccc(F)c4sc(N)c(C#N)c34)c(F)c(C#N)c2C1=O. The lowest BCUT2D eigenvalue weighted by Gasteiger charge is -2.35. The van der Waals surface area contributed by atoms with E-state index in [0.29, 0.717) is 11.1 Å². The van der Waals surface area contributed by atoms with Crippen LogP contribution in [0.25, 0.3) is 21.2 Å². The van der Waals surface area contributed by atoms with Crippen LogP contribution in [0.5, 0.6) is 0 Å². The molecule has 2 aromatic heterocycles. The Kier molecular flexibility index (Phi) is 5.95. The van der Waals surface area contributed by atoms with E-state index in [1.165, 1.54) is 17.2 Å². The molecule has 11 heteroatoms. The number of pyridine rings is 1. The summed E-state index contributed by atoms with van der Waals surface area (Å²) in [7, 11) is 0. The van der Waals surface area contributed by atoms with Crippen LogP contribution in [-0.4, -0.2) is 22.3 Å². The number of carbonyl (C=O) groups is 1. The van der Waals surface area contributed by atoms with Crippen molar-refractivity contribution in [1.29, 1.82) is 10.5 Å². The van der Waals surface area contributed by atoms with Gasteiger partial charge in [0.05, 0.1) is 26.9 Å². The van der Waals surface area contributed by atoms with Crippen molar-refractivity contribution in [2.45, 2.75) is 19.4 Å². The highest BCUT2D eigenvalue weighted by Gasteiger charge is 2.37. The van der Waals surface area contributed by atoms with Crippen molar-refractivity contribution in [3.63, 3.8) is 0 Å². The van der Waals surface area contributed by atoms with Crippen molar-refractivity contribution >= 4 is 49.7 Å². The normalized spacial score (nSPS) is 13.8. The second kappa shape index (κ2) is 9.00. The molecule has 184 valence electrons. The number of nitrogens with zero attached hydrogens (tertiary/aromatic N) is 4. The zero-order valence-electron chi connectivity index (χ0n) is 19.3. The fourth-order valence-corrected chi connectivity index (χ4v) is 6.18. The van der Waals surface area contributed by atoms with E-state index in [-0.39, 0.29) is 61.1 Å². The van der Waals surface area contributed by atoms with Crippen LogP contribution in [0, 0.1) is 34.3 Å². The third-order valence-electron chi connectivity index (χ3n) is 6.65. The van der Waals surface area contributed by atoms with E-state index in [1.807, 2.05) is 12.1 Å². The van der Waals surface area contributed by atoms with E-state index >= 15 is 4.39 Å². The minimum atomic E-state index is -1.03. The summed E-state index contributed by atoms with van der Waals surface area (Å²) in [4.78, 5) is 19.2. The molecule has 0 radical (unpaired) electrons. The van der Waals surface area contributed by atoms with Gasteiger partial charge in [0.15, 0.2) is 5.82 Å². The highest BCUT2D eigenvalue weighted by Crippen LogP contribution is 2.47. The summed E-state index contributed by atoms with van der Waals surface area (Å²) in [6.45, 7) is 2.00. The summed E-state index contributed by atoms with van der Waals surface area (Å²) >= 11 is 7.58. The molecule has 0 fully saturated rings. The summed E-state index contributed by atoms with van der Waals surface area (Å²) < 4.78 is 30.7. The van der Waals surface area contributed by atoms with Crippen molar-refractivity contribution in [3.05, 3.63) is 74.9 Å². The second-order valence-corrected chi connectivity index (χ2v) is 9.93. The molecule has 7 nitrogen and oxygen atoms in total. The molecular formula is C26H17ClF2N6OS. The molecule has 3 heterocycles. The first-order valence-electron chi connectivity index (χ1n) is 11.1. The van der Waals surface area contributed by atoms with Gasteiger partial charge in [0.2, 0.25) is 0 Å². The molecule has 5 rings (SSSR count). The number of rotatable bonds is 3. The molecule has 0 saturated carbocycles. The number of nitrogen functional groups attached to an aromatic ring is 2. The van der Waals surface area contributed by atoms with Gasteiger partial charge in [-0.2, -0.15) is 10.5 Å². The van der Waals surface area contributed by atoms with Crippen LogP contribution >= 0.6 is 22.9 Å². The zero-order chi connectivity index (χ0) is 26.6. The minimum absolute atomic E-state index is 0.00803. The third kappa shape index (κ3) is 3.57. The smallest absolute Gasteiger partial charge is 0.256 e. The van der Waals surface area contributed by atoms with E-state index in [2.05, 4.69) is 4.98 Å². The summed E-state index contributed by atoms with van der Waals surface area (Å²) in [6, 6.07) is 9.14. The van der Waals surface area contributed by atoms with Gasteiger partial charge in [0.25, 0.3) is 5.91 Å². The molecule has 0 aliphatic carbocycles. The molecule has 1 aliphatic rings. The third-order valence-corrected chi connectivity index (χ3v) is 8.10. The second-order valence-electron chi connectivity index (χ2n) is 8.50. The number of aromatic nitrogens is 1. The number of anilines is 2. The average Bonchev–Trinajstić information content (AvgIpc) is 3.23. The topological polar surface area (TPSA) is 133 Å². The molecule has 1 atom stereocenters. The number of fused-ring (bicyclic) bond motifs is 2. The Morgan fingerprint density at radius 1 is 1.16 bits per heavy atom. The van der Waals surface area contributed by atoms with Crippen molar-refractivity contribution in [3.8, 4) is 23.3 Å². The fraction of sp³-hybridized carbons (Fsp3) is 0.154. The Hall–Kier alpha value is -4.25. The van der Waals surface area contributed by atoms with Crippen LogP contribution < -0.4 is 11.5 Å². The van der Waals surface area contributed by atoms with Gasteiger partial charge < -0.3 is 16.4 Å². The summed E-state index contributed by atoms with van der Waals surface area (Å²) in [5.41, 5.74) is 12.2. The van der Waals surface area contributed by atoms with Gasteiger partial charge in [0.1, 0.15) is 34.3 Å². The molecule has 0 saturated heterocycles. The lowest BCUT2D eigenvalue weighted by Crippen LogP contribution is -2.40. The predicted octanol–water partition coefficient (Wildman–Crippen LogP) is 5.56. The van der Waals surface area contributed by atoms with Gasteiger partial charge in [-0.1, -0.05) is 23.7 Å². The molecule has 2 aromatic carbocycles. The van der Waals surface area contributed by atoms with E-state index in [9.17, 15) is 19.7 Å². The van der Waals surface area contributed by atoms with Gasteiger partial charge >= 0.3 is 0 Å². The number of hydrogen-bond acceptors (Lipinski definition) is 7. The summed E-state index contributed by atoms with van der Waals surface area (Å²) in [5.74, 6) is -1.96. The highest BCUT2D eigenvalue weighted by atomic mass is 35.5. The molecule has 0 bridgehead atoms. The monoisotopic (exact) mass is 534 g/mol. The molecule has 0 unspecified atom stereocenters. The van der Waals surface area contributed by atoms with Gasteiger partial charge in [-0.05, 0) is 36.6 Å². The molecule has 0 spiro atoms. The maximum atomic E-state index is 16.1. The van der Waals surface area contributed by atoms with Crippen LogP contribution in [0.4, 0.5) is 19.6 Å². The summed E-state index contributed by atoms with van der Waals surface area (Å²) in [5, 5.41) is 19.7. The number of carbonyl (C=O) groups excluding carboxylic acids is 1. The first-order valence-corrected chi connectivity index (χ1v) is 12.3. The largest absolute Gasteiger partial charge is 0.389 e. The van der Waals surface area contributed by atoms with Gasteiger partial charge in [-0.15, -0.1) is 11.3 Å². The number of halogens is 3. The molecule has 37 heavy (non-hydrogen) atoms. The van der Waals surface area contributed by atoms with Gasteiger partial charge in [-0.25, -0.2) is 13.8 Å². The Morgan fingerprint density at radius 3 is 2.57 bits per heavy atom.